The topological polar surface area (TPSA) is 97.5 Å². The van der Waals surface area contributed by atoms with Crippen LogP contribution in [0.1, 0.15) is 33.7 Å². The highest BCUT2D eigenvalue weighted by atomic mass is 16.4. The Kier molecular flexibility index (Phi) is 4.40. The van der Waals surface area contributed by atoms with E-state index in [-0.39, 0.29) is 23.9 Å². The molecule has 0 saturated carbocycles. The smallest absolute Gasteiger partial charge is 0.302 e. The standard InChI is InChI=1S/C23H16N4O3/c28-20(12-16-7-4-10-24-16)17-8-3-9-18-21(17)30-23(26-18)27-22(29)19-11-14-5-1-2-6-15(14)13-25-19/h1-6,8-11,13H,7,12H2,(H,26,27,29). The van der Waals surface area contributed by atoms with Gasteiger partial charge < -0.3 is 4.42 Å². The van der Waals surface area contributed by atoms with Gasteiger partial charge in [-0.3, -0.25) is 24.9 Å². The van der Waals surface area contributed by atoms with Gasteiger partial charge in [0.05, 0.1) is 5.56 Å². The first-order valence-electron chi connectivity index (χ1n) is 9.47. The molecule has 1 amide bonds. The van der Waals surface area contributed by atoms with E-state index in [4.69, 9.17) is 4.42 Å². The van der Waals surface area contributed by atoms with Crippen LogP contribution in [0, 0.1) is 0 Å². The summed E-state index contributed by atoms with van der Waals surface area (Å²) < 4.78 is 5.72. The molecule has 0 saturated heterocycles. The fourth-order valence-corrected chi connectivity index (χ4v) is 3.39. The van der Waals surface area contributed by atoms with Crippen LogP contribution in [-0.4, -0.2) is 27.4 Å². The lowest BCUT2D eigenvalue weighted by atomic mass is 10.0. The number of hydrogen-bond acceptors (Lipinski definition) is 6. The van der Waals surface area contributed by atoms with Crippen LogP contribution in [-0.2, 0) is 0 Å². The van der Waals surface area contributed by atoms with Gasteiger partial charge in [-0.05, 0) is 23.6 Å². The first kappa shape index (κ1) is 17.9. The second kappa shape index (κ2) is 7.36. The van der Waals surface area contributed by atoms with Crippen molar-refractivity contribution >= 4 is 45.3 Å². The number of carbonyl (C=O) groups excluding carboxylic acids is 2. The molecule has 0 atom stereocenters. The van der Waals surface area contributed by atoms with Gasteiger partial charge in [0.25, 0.3) is 5.91 Å². The second-order valence-electron chi connectivity index (χ2n) is 6.93. The molecule has 0 unspecified atom stereocenters. The highest BCUT2D eigenvalue weighted by molar-refractivity contribution is 6.15. The number of Topliss-reactive ketones (excluding diaryl/α,β-unsaturated/α-hetero) is 1. The van der Waals surface area contributed by atoms with Crippen molar-refractivity contribution in [3.05, 3.63) is 78.3 Å². The number of carbonyl (C=O) groups is 2. The van der Waals surface area contributed by atoms with Crippen LogP contribution in [0.15, 0.2) is 76.4 Å². The van der Waals surface area contributed by atoms with Crippen molar-refractivity contribution in [1.29, 1.82) is 0 Å². The lowest BCUT2D eigenvalue weighted by molar-refractivity contribution is 0.0998. The number of anilines is 1. The molecule has 1 aliphatic heterocycles. The summed E-state index contributed by atoms with van der Waals surface area (Å²) in [5, 5.41) is 4.48. The predicted octanol–water partition coefficient (Wildman–Crippen LogP) is 4.56. The van der Waals surface area contributed by atoms with Gasteiger partial charge in [-0.1, -0.05) is 36.4 Å². The van der Waals surface area contributed by atoms with Crippen LogP contribution in [0.5, 0.6) is 0 Å². The van der Waals surface area contributed by atoms with E-state index in [9.17, 15) is 9.59 Å². The number of nitrogens with one attached hydrogen (secondary N) is 1. The van der Waals surface area contributed by atoms with Gasteiger partial charge in [0.1, 0.15) is 11.2 Å². The minimum absolute atomic E-state index is 0.0186. The normalized spacial score (nSPS) is 13.0. The van der Waals surface area contributed by atoms with E-state index in [0.29, 0.717) is 23.1 Å². The van der Waals surface area contributed by atoms with Crippen LogP contribution in [0.3, 0.4) is 0 Å². The van der Waals surface area contributed by atoms with Crippen molar-refractivity contribution in [3.63, 3.8) is 0 Å². The summed E-state index contributed by atoms with van der Waals surface area (Å²) in [7, 11) is 0. The van der Waals surface area contributed by atoms with E-state index < -0.39 is 5.91 Å². The molecule has 0 fully saturated rings. The van der Waals surface area contributed by atoms with E-state index in [1.165, 1.54) is 0 Å². The summed E-state index contributed by atoms with van der Waals surface area (Å²) in [5.74, 6) is -0.542. The van der Waals surface area contributed by atoms with Crippen molar-refractivity contribution in [1.82, 2.24) is 9.97 Å². The molecule has 0 aliphatic carbocycles. The number of fused-ring (bicyclic) bond motifs is 2. The Balaban J connectivity index is 1.40. The molecule has 7 heteroatoms. The number of allylic oxidation sites excluding steroid dienone is 1. The molecule has 1 aliphatic rings. The molecule has 5 rings (SSSR count). The molecule has 0 radical (unpaired) electrons. The van der Waals surface area contributed by atoms with E-state index >= 15 is 0 Å². The van der Waals surface area contributed by atoms with Crippen molar-refractivity contribution in [3.8, 4) is 0 Å². The highest BCUT2D eigenvalue weighted by Gasteiger charge is 2.19. The monoisotopic (exact) mass is 396 g/mol. The van der Waals surface area contributed by atoms with Gasteiger partial charge in [0.2, 0.25) is 0 Å². The zero-order valence-corrected chi connectivity index (χ0v) is 15.8. The average molecular weight is 396 g/mol. The minimum atomic E-state index is -0.438. The van der Waals surface area contributed by atoms with Gasteiger partial charge in [-0.2, -0.15) is 4.98 Å². The lowest BCUT2D eigenvalue weighted by Crippen LogP contribution is -2.13. The first-order chi connectivity index (χ1) is 14.7. The summed E-state index contributed by atoms with van der Waals surface area (Å²) in [6.45, 7) is 0. The Labute approximate surface area is 171 Å². The predicted molar refractivity (Wildman–Crippen MR) is 114 cm³/mol. The summed E-state index contributed by atoms with van der Waals surface area (Å²) in [4.78, 5) is 38.0. The van der Waals surface area contributed by atoms with Crippen LogP contribution in [0.4, 0.5) is 6.01 Å². The Morgan fingerprint density at radius 2 is 1.93 bits per heavy atom. The van der Waals surface area contributed by atoms with Gasteiger partial charge in [-0.25, -0.2) is 0 Å². The lowest BCUT2D eigenvalue weighted by Gasteiger charge is -2.02. The van der Waals surface area contributed by atoms with E-state index in [1.54, 1.807) is 36.7 Å². The van der Waals surface area contributed by atoms with Crippen molar-refractivity contribution in [2.24, 2.45) is 4.99 Å². The van der Waals surface area contributed by atoms with Crippen LogP contribution in [0.25, 0.3) is 21.9 Å². The first-order valence-corrected chi connectivity index (χ1v) is 9.47. The minimum Gasteiger partial charge on any atom is -0.422 e. The number of rotatable bonds is 5. The number of aromatic nitrogens is 2. The maximum Gasteiger partial charge on any atom is 0.302 e. The SMILES string of the molecule is O=C(Nc1nc2cccc(C(=O)CC3=NC=CC3)c2o1)c1cc2ccccc2cn1. The maximum absolute atomic E-state index is 12.7. The molecule has 1 N–H and O–H groups in total. The van der Waals surface area contributed by atoms with Crippen LogP contribution < -0.4 is 5.32 Å². The maximum atomic E-state index is 12.7. The summed E-state index contributed by atoms with van der Waals surface area (Å²) in [6.07, 6.45) is 6.15. The summed E-state index contributed by atoms with van der Waals surface area (Å²) >= 11 is 0. The number of aliphatic imine (C=N–C) groups is 1. The Hall–Kier alpha value is -4.13. The van der Waals surface area contributed by atoms with E-state index in [1.807, 2.05) is 30.3 Å². The zero-order valence-electron chi connectivity index (χ0n) is 15.8. The number of oxazole rings is 1. The molecule has 2 aromatic carbocycles. The fraction of sp³-hybridized carbons (Fsp3) is 0.0870. The van der Waals surface area contributed by atoms with E-state index in [0.717, 1.165) is 16.5 Å². The van der Waals surface area contributed by atoms with Gasteiger partial charge >= 0.3 is 6.01 Å². The Morgan fingerprint density at radius 3 is 2.77 bits per heavy atom. The van der Waals surface area contributed by atoms with E-state index in [2.05, 4.69) is 20.3 Å². The average Bonchev–Trinajstić information content (AvgIpc) is 3.42. The van der Waals surface area contributed by atoms with Gasteiger partial charge in [0, 0.05) is 36.3 Å². The number of amides is 1. The highest BCUT2D eigenvalue weighted by Crippen LogP contribution is 2.25. The molecule has 0 bridgehead atoms. The molecule has 4 aromatic rings. The van der Waals surface area contributed by atoms with Crippen molar-refractivity contribution < 1.29 is 14.0 Å². The van der Waals surface area contributed by atoms with Gasteiger partial charge in [0.15, 0.2) is 11.4 Å². The molecule has 2 aromatic heterocycles. The number of hydrogen-bond donors (Lipinski definition) is 1. The number of ketones is 1. The number of benzene rings is 2. The molecular weight excluding hydrogens is 380 g/mol. The molecule has 3 heterocycles. The Morgan fingerprint density at radius 1 is 1.07 bits per heavy atom. The zero-order chi connectivity index (χ0) is 20.5. The number of pyridine rings is 1. The fourth-order valence-electron chi connectivity index (χ4n) is 3.39. The molecule has 146 valence electrons. The third kappa shape index (κ3) is 3.37. The molecule has 7 nitrogen and oxygen atoms in total. The van der Waals surface area contributed by atoms with Crippen LogP contribution >= 0.6 is 0 Å². The van der Waals surface area contributed by atoms with Crippen LogP contribution in [0.2, 0.25) is 0 Å². The summed E-state index contributed by atoms with van der Waals surface area (Å²) in [6, 6.07) is 14.5. The number of para-hydroxylation sites is 1. The van der Waals surface area contributed by atoms with Crippen molar-refractivity contribution in [2.75, 3.05) is 5.32 Å². The Bertz CT molecular complexity index is 1370. The third-order valence-electron chi connectivity index (χ3n) is 4.88. The second-order valence-corrected chi connectivity index (χ2v) is 6.93. The summed E-state index contributed by atoms with van der Waals surface area (Å²) in [5.41, 5.74) is 2.32. The number of nitrogens with zero attached hydrogens (tertiary/aromatic N) is 3. The van der Waals surface area contributed by atoms with Gasteiger partial charge in [-0.15, -0.1) is 0 Å². The van der Waals surface area contributed by atoms with Crippen molar-refractivity contribution in [2.45, 2.75) is 12.8 Å². The molecule has 30 heavy (non-hydrogen) atoms. The largest absolute Gasteiger partial charge is 0.422 e. The molecule has 0 spiro atoms. The third-order valence-corrected chi connectivity index (χ3v) is 4.88. The quantitative estimate of drug-likeness (QED) is 0.499. The molecular formula is C23H16N4O3.